The molecular weight excluding hydrogens is 196 g/mol. The van der Waals surface area contributed by atoms with Crippen molar-refractivity contribution in [3.63, 3.8) is 0 Å². The van der Waals surface area contributed by atoms with Crippen LogP contribution < -0.4 is 0 Å². The number of rotatable bonds is 1. The van der Waals surface area contributed by atoms with Gasteiger partial charge < -0.3 is 5.11 Å². The predicted molar refractivity (Wildman–Crippen MR) is 60.4 cm³/mol. The highest BCUT2D eigenvalue weighted by Gasteiger charge is 2.09. The first kappa shape index (κ1) is 10.5. The van der Waals surface area contributed by atoms with Crippen LogP contribution in [-0.2, 0) is 0 Å². The molecule has 1 rings (SSSR count). The van der Waals surface area contributed by atoms with Crippen LogP contribution in [0.3, 0.4) is 0 Å². The normalized spacial score (nSPS) is 13.2. The third-order valence-electron chi connectivity index (χ3n) is 1.40. The molecule has 1 heterocycles. The van der Waals surface area contributed by atoms with Crippen molar-refractivity contribution in [2.75, 3.05) is 0 Å². The van der Waals surface area contributed by atoms with E-state index in [9.17, 15) is 5.11 Å². The van der Waals surface area contributed by atoms with Crippen LogP contribution in [0.15, 0.2) is 17.5 Å². The zero-order chi connectivity index (χ0) is 9.90. The Bertz CT molecular complexity index is 313. The molecule has 0 aliphatic heterocycles. The molecule has 0 spiro atoms. The van der Waals surface area contributed by atoms with E-state index < -0.39 is 14.2 Å². The van der Waals surface area contributed by atoms with Crippen molar-refractivity contribution >= 4 is 19.4 Å². The SMILES string of the molecule is C[Si](C)(C)C#C[C@@H](O)c1cccs1. The molecule has 0 saturated heterocycles. The fourth-order valence-corrected chi connectivity index (χ4v) is 2.03. The first-order valence-electron chi connectivity index (χ1n) is 4.23. The standard InChI is InChI=1S/C10H14OSSi/c1-13(2,3)8-6-9(11)10-5-4-7-12-10/h4-5,7,9,11H,1-3H3/t9-/m1/s1. The molecule has 1 aromatic heterocycles. The van der Waals surface area contributed by atoms with Crippen LogP contribution in [0.5, 0.6) is 0 Å². The van der Waals surface area contributed by atoms with Crippen LogP contribution in [0.25, 0.3) is 0 Å². The second-order valence-electron chi connectivity index (χ2n) is 3.94. The van der Waals surface area contributed by atoms with Crippen LogP contribution in [0.2, 0.25) is 19.6 Å². The number of aliphatic hydroxyl groups excluding tert-OH is 1. The molecule has 3 heteroatoms. The molecule has 0 saturated carbocycles. The number of aliphatic hydroxyl groups is 1. The molecule has 0 fully saturated rings. The molecule has 13 heavy (non-hydrogen) atoms. The molecule has 1 atom stereocenters. The van der Waals surface area contributed by atoms with Gasteiger partial charge in [0.1, 0.15) is 14.2 Å². The lowest BCUT2D eigenvalue weighted by atomic mass is 10.3. The zero-order valence-corrected chi connectivity index (χ0v) is 9.98. The van der Waals surface area contributed by atoms with E-state index in [1.807, 2.05) is 17.5 Å². The maximum atomic E-state index is 9.63. The van der Waals surface area contributed by atoms with Gasteiger partial charge in [-0.3, -0.25) is 0 Å². The minimum absolute atomic E-state index is 0.591. The molecule has 0 aliphatic carbocycles. The Morgan fingerprint density at radius 2 is 2.15 bits per heavy atom. The van der Waals surface area contributed by atoms with Gasteiger partial charge in [0, 0.05) is 4.88 Å². The van der Waals surface area contributed by atoms with Crippen molar-refractivity contribution < 1.29 is 5.11 Å². The lowest BCUT2D eigenvalue weighted by Crippen LogP contribution is -2.16. The first-order valence-corrected chi connectivity index (χ1v) is 8.61. The van der Waals surface area contributed by atoms with Gasteiger partial charge in [0.15, 0.2) is 0 Å². The highest BCUT2D eigenvalue weighted by molar-refractivity contribution is 7.10. The molecule has 0 amide bonds. The first-order chi connectivity index (χ1) is 5.99. The summed E-state index contributed by atoms with van der Waals surface area (Å²) in [6, 6.07) is 3.84. The third-order valence-corrected chi connectivity index (χ3v) is 3.22. The largest absolute Gasteiger partial charge is 0.375 e. The third kappa shape index (κ3) is 3.77. The van der Waals surface area contributed by atoms with Crippen molar-refractivity contribution in [3.8, 4) is 11.5 Å². The van der Waals surface area contributed by atoms with E-state index in [4.69, 9.17) is 0 Å². The van der Waals surface area contributed by atoms with Crippen molar-refractivity contribution in [3.05, 3.63) is 22.4 Å². The monoisotopic (exact) mass is 210 g/mol. The van der Waals surface area contributed by atoms with Gasteiger partial charge in [0.05, 0.1) is 0 Å². The summed E-state index contributed by atoms with van der Waals surface area (Å²) < 4.78 is 0. The molecule has 0 unspecified atom stereocenters. The van der Waals surface area contributed by atoms with Crippen LogP contribution in [-0.4, -0.2) is 13.2 Å². The van der Waals surface area contributed by atoms with E-state index in [0.29, 0.717) is 0 Å². The van der Waals surface area contributed by atoms with Crippen LogP contribution >= 0.6 is 11.3 Å². The van der Waals surface area contributed by atoms with Crippen molar-refractivity contribution in [2.24, 2.45) is 0 Å². The Hall–Kier alpha value is -0.563. The average Bonchev–Trinajstić information content (AvgIpc) is 2.50. The molecule has 1 nitrogen and oxygen atoms in total. The second kappa shape index (κ2) is 4.10. The molecule has 1 N–H and O–H groups in total. The summed E-state index contributed by atoms with van der Waals surface area (Å²) in [7, 11) is -1.35. The Morgan fingerprint density at radius 3 is 2.62 bits per heavy atom. The molecule has 70 valence electrons. The zero-order valence-electron chi connectivity index (χ0n) is 8.16. The lowest BCUT2D eigenvalue weighted by molar-refractivity contribution is 0.242. The van der Waals surface area contributed by atoms with Gasteiger partial charge in [0.25, 0.3) is 0 Å². The number of hydrogen-bond donors (Lipinski definition) is 1. The van der Waals surface area contributed by atoms with Crippen LogP contribution in [0, 0.1) is 11.5 Å². The van der Waals surface area contributed by atoms with Gasteiger partial charge in [0.2, 0.25) is 0 Å². The lowest BCUT2D eigenvalue weighted by Gasteiger charge is -2.05. The van der Waals surface area contributed by atoms with Crippen molar-refractivity contribution in [2.45, 2.75) is 25.7 Å². The average molecular weight is 210 g/mol. The summed E-state index contributed by atoms with van der Waals surface area (Å²) in [5.41, 5.74) is 3.16. The molecule has 1 aromatic rings. The summed E-state index contributed by atoms with van der Waals surface area (Å²) in [6.45, 7) is 6.50. The van der Waals surface area contributed by atoms with Crippen molar-refractivity contribution in [1.82, 2.24) is 0 Å². The van der Waals surface area contributed by atoms with Crippen LogP contribution in [0.4, 0.5) is 0 Å². The van der Waals surface area contributed by atoms with E-state index in [0.717, 1.165) is 4.88 Å². The summed E-state index contributed by atoms with van der Waals surface area (Å²) in [5.74, 6) is 2.90. The minimum Gasteiger partial charge on any atom is -0.375 e. The Labute approximate surface area is 84.4 Å². The molecule has 0 aromatic carbocycles. The summed E-state index contributed by atoms with van der Waals surface area (Å²) in [5, 5.41) is 11.6. The predicted octanol–water partition coefficient (Wildman–Crippen LogP) is 2.66. The minimum atomic E-state index is -1.35. The number of hydrogen-bond acceptors (Lipinski definition) is 2. The highest BCUT2D eigenvalue weighted by atomic mass is 32.1. The molecule has 0 bridgehead atoms. The smallest absolute Gasteiger partial charge is 0.148 e. The van der Waals surface area contributed by atoms with Gasteiger partial charge in [-0.15, -0.1) is 16.9 Å². The quantitative estimate of drug-likeness (QED) is 0.558. The topological polar surface area (TPSA) is 20.2 Å². The van der Waals surface area contributed by atoms with Crippen LogP contribution in [0.1, 0.15) is 11.0 Å². The molecule has 0 aliphatic rings. The summed E-state index contributed by atoms with van der Waals surface area (Å²) in [6.07, 6.45) is -0.591. The van der Waals surface area contributed by atoms with E-state index >= 15 is 0 Å². The Balaban J connectivity index is 2.69. The second-order valence-corrected chi connectivity index (χ2v) is 9.67. The fraction of sp³-hybridized carbons (Fsp3) is 0.400. The Kier molecular flexibility index (Phi) is 3.31. The molecular formula is C10H14OSSi. The van der Waals surface area contributed by atoms with E-state index in [1.54, 1.807) is 11.3 Å². The van der Waals surface area contributed by atoms with Gasteiger partial charge in [-0.25, -0.2) is 0 Å². The highest BCUT2D eigenvalue weighted by Crippen LogP contribution is 2.17. The number of thiophene rings is 1. The van der Waals surface area contributed by atoms with Gasteiger partial charge in [-0.05, 0) is 11.4 Å². The van der Waals surface area contributed by atoms with Crippen molar-refractivity contribution in [1.29, 1.82) is 0 Å². The molecule has 0 radical (unpaired) electrons. The van der Waals surface area contributed by atoms with E-state index in [1.165, 1.54) is 0 Å². The maximum Gasteiger partial charge on any atom is 0.148 e. The maximum absolute atomic E-state index is 9.63. The fourth-order valence-electron chi connectivity index (χ4n) is 0.803. The van der Waals surface area contributed by atoms with E-state index in [-0.39, 0.29) is 0 Å². The summed E-state index contributed by atoms with van der Waals surface area (Å²) >= 11 is 1.54. The Morgan fingerprint density at radius 1 is 1.46 bits per heavy atom. The van der Waals surface area contributed by atoms with Gasteiger partial charge in [-0.1, -0.05) is 31.6 Å². The van der Waals surface area contributed by atoms with Gasteiger partial charge in [-0.2, -0.15) is 0 Å². The van der Waals surface area contributed by atoms with E-state index in [2.05, 4.69) is 31.1 Å². The summed E-state index contributed by atoms with van der Waals surface area (Å²) in [4.78, 5) is 0.936. The van der Waals surface area contributed by atoms with Gasteiger partial charge >= 0.3 is 0 Å².